The highest BCUT2D eigenvalue weighted by Crippen LogP contribution is 2.31. The van der Waals surface area contributed by atoms with E-state index in [1.54, 1.807) is 4.90 Å². The molecule has 0 heterocycles. The molecule has 0 bridgehead atoms. The van der Waals surface area contributed by atoms with Crippen LogP contribution in [-0.4, -0.2) is 35.9 Å². The molecule has 0 aromatic heterocycles. The zero-order chi connectivity index (χ0) is 13.7. The Kier molecular flexibility index (Phi) is 4.65. The van der Waals surface area contributed by atoms with Crippen molar-refractivity contribution in [2.75, 3.05) is 20.2 Å². The molecule has 0 saturated heterocycles. The average Bonchev–Trinajstić information content (AvgIpc) is 2.38. The third-order valence-electron chi connectivity index (χ3n) is 2.68. The van der Waals surface area contributed by atoms with Gasteiger partial charge < -0.3 is 9.64 Å². The second-order valence-electron chi connectivity index (χ2n) is 3.59. The Morgan fingerprint density at radius 2 is 2.00 bits per heavy atom. The molecule has 6 heteroatoms. The summed E-state index contributed by atoms with van der Waals surface area (Å²) in [5.74, 6) is -0.250. The van der Waals surface area contributed by atoms with Crippen molar-refractivity contribution in [3.63, 3.8) is 0 Å². The van der Waals surface area contributed by atoms with Crippen LogP contribution >= 0.6 is 0 Å². The van der Waals surface area contributed by atoms with Gasteiger partial charge in [-0.15, -0.1) is 0 Å². The Balaban J connectivity index is 3.28. The van der Waals surface area contributed by atoms with E-state index in [9.17, 15) is 14.9 Å². The molecule has 18 heavy (non-hydrogen) atoms. The second-order valence-corrected chi connectivity index (χ2v) is 3.59. The van der Waals surface area contributed by atoms with E-state index in [1.165, 1.54) is 25.3 Å². The second kappa shape index (κ2) is 6.00. The summed E-state index contributed by atoms with van der Waals surface area (Å²) in [4.78, 5) is 24.1. The lowest BCUT2D eigenvalue weighted by atomic mass is 10.1. The molecule has 0 atom stereocenters. The summed E-state index contributed by atoms with van der Waals surface area (Å²) >= 11 is 0. The highest BCUT2D eigenvalue weighted by molar-refractivity contribution is 5.98. The van der Waals surface area contributed by atoms with Gasteiger partial charge in [-0.2, -0.15) is 0 Å². The highest BCUT2D eigenvalue weighted by Gasteiger charge is 2.24. The van der Waals surface area contributed by atoms with Gasteiger partial charge in [0, 0.05) is 19.2 Å². The molecule has 0 aliphatic rings. The van der Waals surface area contributed by atoms with Crippen molar-refractivity contribution in [1.82, 2.24) is 4.90 Å². The van der Waals surface area contributed by atoms with E-state index >= 15 is 0 Å². The van der Waals surface area contributed by atoms with Gasteiger partial charge in [-0.1, -0.05) is 6.07 Å². The van der Waals surface area contributed by atoms with Gasteiger partial charge in [0.15, 0.2) is 0 Å². The van der Waals surface area contributed by atoms with E-state index < -0.39 is 4.92 Å². The number of methoxy groups -OCH3 is 1. The standard InChI is InChI=1S/C12H16N2O4/c1-4-13(5-2)12(15)9-7-6-8-10(14(16)17)11(9)18-3/h6-8H,4-5H2,1-3H3. The molecule has 0 fully saturated rings. The summed E-state index contributed by atoms with van der Waals surface area (Å²) in [5.41, 5.74) is 0.0194. The number of para-hydroxylation sites is 1. The zero-order valence-corrected chi connectivity index (χ0v) is 10.7. The van der Waals surface area contributed by atoms with Crippen LogP contribution in [-0.2, 0) is 0 Å². The molecule has 0 N–H and O–H groups in total. The van der Waals surface area contributed by atoms with Crippen molar-refractivity contribution < 1.29 is 14.5 Å². The topological polar surface area (TPSA) is 72.7 Å². The fourth-order valence-corrected chi connectivity index (χ4v) is 1.73. The lowest BCUT2D eigenvalue weighted by molar-refractivity contribution is -0.385. The first-order chi connectivity index (χ1) is 8.56. The fraction of sp³-hybridized carbons (Fsp3) is 0.417. The molecule has 0 aliphatic heterocycles. The molecule has 0 saturated carbocycles. The number of hydrogen-bond donors (Lipinski definition) is 0. The molecule has 1 rings (SSSR count). The maximum atomic E-state index is 12.2. The van der Waals surface area contributed by atoms with E-state index in [0.717, 1.165) is 0 Å². The van der Waals surface area contributed by atoms with Gasteiger partial charge in [0.25, 0.3) is 5.91 Å². The molecule has 0 unspecified atom stereocenters. The normalized spacial score (nSPS) is 9.94. The van der Waals surface area contributed by atoms with Gasteiger partial charge in [0.2, 0.25) is 5.75 Å². The van der Waals surface area contributed by atoms with Crippen molar-refractivity contribution >= 4 is 11.6 Å². The van der Waals surface area contributed by atoms with Crippen molar-refractivity contribution in [1.29, 1.82) is 0 Å². The van der Waals surface area contributed by atoms with Gasteiger partial charge in [-0.3, -0.25) is 14.9 Å². The highest BCUT2D eigenvalue weighted by atomic mass is 16.6. The first kappa shape index (κ1) is 14.0. The molecular weight excluding hydrogens is 236 g/mol. The summed E-state index contributed by atoms with van der Waals surface area (Å²) in [6, 6.07) is 4.34. The molecular formula is C12H16N2O4. The minimum absolute atomic E-state index is 0.0133. The van der Waals surface area contributed by atoms with Crippen LogP contribution in [0.1, 0.15) is 24.2 Å². The van der Waals surface area contributed by atoms with Gasteiger partial charge in [0.05, 0.1) is 17.6 Å². The van der Waals surface area contributed by atoms with Crippen LogP contribution in [0.15, 0.2) is 18.2 Å². The number of rotatable bonds is 5. The first-order valence-electron chi connectivity index (χ1n) is 5.67. The quantitative estimate of drug-likeness (QED) is 0.594. The number of ether oxygens (including phenoxy) is 1. The van der Waals surface area contributed by atoms with Crippen LogP contribution < -0.4 is 4.74 Å². The largest absolute Gasteiger partial charge is 0.490 e. The number of nitro benzene ring substituents is 1. The molecule has 98 valence electrons. The monoisotopic (exact) mass is 252 g/mol. The van der Waals surface area contributed by atoms with Crippen molar-refractivity contribution in [3.8, 4) is 5.75 Å². The van der Waals surface area contributed by atoms with Crippen molar-refractivity contribution in [2.24, 2.45) is 0 Å². The third-order valence-corrected chi connectivity index (χ3v) is 2.68. The Labute approximate surface area is 105 Å². The number of benzene rings is 1. The Bertz CT molecular complexity index is 455. The van der Waals surface area contributed by atoms with Crippen LogP contribution in [0.2, 0.25) is 0 Å². The van der Waals surface area contributed by atoms with Crippen molar-refractivity contribution in [3.05, 3.63) is 33.9 Å². The molecule has 0 aliphatic carbocycles. The van der Waals surface area contributed by atoms with Gasteiger partial charge in [-0.05, 0) is 19.9 Å². The Hall–Kier alpha value is -2.11. The molecule has 0 radical (unpaired) electrons. The minimum atomic E-state index is -0.558. The zero-order valence-electron chi connectivity index (χ0n) is 10.7. The van der Waals surface area contributed by atoms with E-state index in [-0.39, 0.29) is 22.9 Å². The number of carbonyl (C=O) groups is 1. The SMILES string of the molecule is CCN(CC)C(=O)c1cccc([N+](=O)[O-])c1OC. The predicted octanol–water partition coefficient (Wildman–Crippen LogP) is 2.09. The lowest BCUT2D eigenvalue weighted by Gasteiger charge is -2.19. The van der Waals surface area contributed by atoms with Gasteiger partial charge in [-0.25, -0.2) is 0 Å². The molecule has 0 spiro atoms. The number of nitro groups is 1. The van der Waals surface area contributed by atoms with Gasteiger partial charge >= 0.3 is 5.69 Å². The first-order valence-corrected chi connectivity index (χ1v) is 5.67. The van der Waals surface area contributed by atoms with E-state index in [4.69, 9.17) is 4.74 Å². The van der Waals surface area contributed by atoms with E-state index in [2.05, 4.69) is 0 Å². The van der Waals surface area contributed by atoms with Crippen LogP contribution in [0.3, 0.4) is 0 Å². The number of hydrogen-bond acceptors (Lipinski definition) is 4. The van der Waals surface area contributed by atoms with E-state index in [0.29, 0.717) is 13.1 Å². The Morgan fingerprint density at radius 1 is 1.39 bits per heavy atom. The van der Waals surface area contributed by atoms with Crippen LogP contribution in [0.5, 0.6) is 5.75 Å². The van der Waals surface area contributed by atoms with E-state index in [1.807, 2.05) is 13.8 Å². The van der Waals surface area contributed by atoms with Gasteiger partial charge in [0.1, 0.15) is 0 Å². The van der Waals surface area contributed by atoms with Crippen LogP contribution in [0.25, 0.3) is 0 Å². The minimum Gasteiger partial charge on any atom is -0.490 e. The lowest BCUT2D eigenvalue weighted by Crippen LogP contribution is -2.30. The molecule has 1 aromatic carbocycles. The number of nitrogens with zero attached hydrogens (tertiary/aromatic N) is 2. The maximum Gasteiger partial charge on any atom is 0.311 e. The summed E-state index contributed by atoms with van der Waals surface area (Å²) in [6.07, 6.45) is 0. The average molecular weight is 252 g/mol. The molecule has 1 amide bonds. The van der Waals surface area contributed by atoms with Crippen LogP contribution in [0, 0.1) is 10.1 Å². The summed E-state index contributed by atoms with van der Waals surface area (Å²) in [7, 11) is 1.32. The maximum absolute atomic E-state index is 12.2. The molecule has 1 aromatic rings. The molecule has 6 nitrogen and oxygen atoms in total. The summed E-state index contributed by atoms with van der Waals surface area (Å²) < 4.78 is 5.01. The summed E-state index contributed by atoms with van der Waals surface area (Å²) in [5, 5.41) is 10.9. The van der Waals surface area contributed by atoms with Crippen LogP contribution in [0.4, 0.5) is 5.69 Å². The number of carbonyl (C=O) groups excluding carboxylic acids is 1. The Morgan fingerprint density at radius 3 is 2.44 bits per heavy atom. The third kappa shape index (κ3) is 2.58. The smallest absolute Gasteiger partial charge is 0.311 e. The fourth-order valence-electron chi connectivity index (χ4n) is 1.73. The predicted molar refractivity (Wildman–Crippen MR) is 66.9 cm³/mol. The van der Waals surface area contributed by atoms with Crippen molar-refractivity contribution in [2.45, 2.75) is 13.8 Å². The number of amides is 1. The summed E-state index contributed by atoms with van der Waals surface area (Å²) in [6.45, 7) is 4.79.